The van der Waals surface area contributed by atoms with Crippen LogP contribution in [0.5, 0.6) is 0 Å². The topological polar surface area (TPSA) is 0 Å². The molecule has 0 heterocycles. The van der Waals surface area contributed by atoms with Crippen molar-refractivity contribution in [2.45, 2.75) is 38.0 Å². The van der Waals surface area contributed by atoms with E-state index in [0.29, 0.717) is 5.92 Å². The van der Waals surface area contributed by atoms with Gasteiger partial charge in [-0.15, -0.1) is 11.6 Å². The Morgan fingerprint density at radius 1 is 1.05 bits per heavy atom. The summed E-state index contributed by atoms with van der Waals surface area (Å²) in [5, 5.41) is 3.06. The van der Waals surface area contributed by atoms with Crippen LogP contribution in [-0.4, -0.2) is 0 Å². The zero-order chi connectivity index (χ0) is 13.0. The third-order valence-electron chi connectivity index (χ3n) is 5.03. The molecule has 2 aromatic rings. The first-order valence-corrected chi connectivity index (χ1v) is 7.87. The molecule has 0 spiro atoms. The van der Waals surface area contributed by atoms with E-state index in [9.17, 15) is 0 Å². The van der Waals surface area contributed by atoms with Crippen molar-refractivity contribution in [1.29, 1.82) is 0 Å². The summed E-state index contributed by atoms with van der Waals surface area (Å²) in [4.78, 5) is 0. The Kier molecular flexibility index (Phi) is 2.63. The summed E-state index contributed by atoms with van der Waals surface area (Å²) in [6.45, 7) is 2.32. The number of benzene rings is 2. The molecular formula is C18H19Cl. The summed E-state index contributed by atoms with van der Waals surface area (Å²) < 4.78 is 0. The van der Waals surface area contributed by atoms with Gasteiger partial charge < -0.3 is 0 Å². The summed E-state index contributed by atoms with van der Waals surface area (Å²) in [6.07, 6.45) is 5.12. The Hall–Kier alpha value is -1.01. The molecule has 0 radical (unpaired) electrons. The molecule has 2 aliphatic rings. The molecule has 0 amide bonds. The molecule has 0 N–H and O–H groups in total. The summed E-state index contributed by atoms with van der Waals surface area (Å²) >= 11 is 6.80. The highest BCUT2D eigenvalue weighted by Gasteiger charge is 2.34. The van der Waals surface area contributed by atoms with Crippen LogP contribution in [0.2, 0.25) is 0 Å². The maximum Gasteiger partial charge on any atom is 0.0619 e. The average Bonchev–Trinajstić information content (AvgIpc) is 3.21. The molecular weight excluding hydrogens is 252 g/mol. The van der Waals surface area contributed by atoms with Gasteiger partial charge in [0.2, 0.25) is 0 Å². The molecule has 2 unspecified atom stereocenters. The molecule has 1 heteroatoms. The average molecular weight is 271 g/mol. The van der Waals surface area contributed by atoms with Crippen LogP contribution in [-0.2, 0) is 12.8 Å². The van der Waals surface area contributed by atoms with Gasteiger partial charge in [-0.25, -0.2) is 0 Å². The van der Waals surface area contributed by atoms with Gasteiger partial charge in [-0.05, 0) is 65.0 Å². The van der Waals surface area contributed by atoms with Crippen LogP contribution in [0.1, 0.15) is 41.8 Å². The fourth-order valence-electron chi connectivity index (χ4n) is 3.65. The molecule has 2 aliphatic carbocycles. The molecule has 0 nitrogen and oxygen atoms in total. The van der Waals surface area contributed by atoms with Crippen LogP contribution in [0.25, 0.3) is 10.8 Å². The van der Waals surface area contributed by atoms with Gasteiger partial charge in [0, 0.05) is 0 Å². The van der Waals surface area contributed by atoms with Crippen molar-refractivity contribution in [1.82, 2.24) is 0 Å². The quantitative estimate of drug-likeness (QED) is 0.667. The minimum atomic E-state index is 0.164. The summed E-state index contributed by atoms with van der Waals surface area (Å²) in [5.41, 5.74) is 4.37. The third-order valence-corrected chi connectivity index (χ3v) is 5.67. The zero-order valence-corrected chi connectivity index (χ0v) is 12.1. The first kappa shape index (κ1) is 11.8. The second-order valence-electron chi connectivity index (χ2n) is 6.25. The number of alkyl halides is 1. The molecule has 0 aromatic heterocycles. The van der Waals surface area contributed by atoms with Gasteiger partial charge >= 0.3 is 0 Å². The normalized spacial score (nSPS) is 20.7. The lowest BCUT2D eigenvalue weighted by atomic mass is 9.91. The molecule has 2 aromatic carbocycles. The van der Waals surface area contributed by atoms with Crippen LogP contribution < -0.4 is 0 Å². The second-order valence-corrected chi connectivity index (χ2v) is 6.72. The van der Waals surface area contributed by atoms with E-state index in [2.05, 4.69) is 37.3 Å². The fourth-order valence-corrected chi connectivity index (χ4v) is 4.05. The van der Waals surface area contributed by atoms with Crippen molar-refractivity contribution >= 4 is 22.4 Å². The molecule has 0 saturated heterocycles. The lowest BCUT2D eigenvalue weighted by Gasteiger charge is -2.20. The van der Waals surface area contributed by atoms with E-state index in [0.717, 1.165) is 5.92 Å². The standard InChI is InChI=1S/C18H19Cl/c1-11(12-5-6-12)18(19)16-10-9-14-8-7-13-3-2-4-15(16)17(13)14/h2-4,9-12,18H,5-8H2,1H3. The van der Waals surface area contributed by atoms with E-state index >= 15 is 0 Å². The lowest BCUT2D eigenvalue weighted by molar-refractivity contribution is 0.493. The Bertz CT molecular complexity index is 629. The molecule has 19 heavy (non-hydrogen) atoms. The van der Waals surface area contributed by atoms with Crippen LogP contribution in [0.4, 0.5) is 0 Å². The first-order valence-electron chi connectivity index (χ1n) is 7.43. The van der Waals surface area contributed by atoms with Crippen molar-refractivity contribution in [3.8, 4) is 0 Å². The van der Waals surface area contributed by atoms with Gasteiger partial charge in [0.1, 0.15) is 0 Å². The SMILES string of the molecule is CC(C1CC1)C(Cl)c1ccc2c3c(cccc13)CC2. The number of hydrogen-bond acceptors (Lipinski definition) is 0. The molecule has 1 saturated carbocycles. The van der Waals surface area contributed by atoms with E-state index in [4.69, 9.17) is 11.6 Å². The molecule has 98 valence electrons. The number of aryl methyl sites for hydroxylation is 2. The summed E-state index contributed by atoms with van der Waals surface area (Å²) in [6, 6.07) is 11.3. The maximum atomic E-state index is 6.80. The van der Waals surface area contributed by atoms with E-state index in [1.807, 2.05) is 0 Å². The van der Waals surface area contributed by atoms with E-state index in [-0.39, 0.29) is 5.38 Å². The first-order chi connectivity index (χ1) is 9.25. The van der Waals surface area contributed by atoms with E-state index in [1.54, 1.807) is 0 Å². The Morgan fingerprint density at radius 2 is 1.79 bits per heavy atom. The predicted octanol–water partition coefficient (Wildman–Crippen LogP) is 5.26. The van der Waals surface area contributed by atoms with E-state index in [1.165, 1.54) is 53.1 Å². The minimum absolute atomic E-state index is 0.164. The molecule has 0 aliphatic heterocycles. The lowest BCUT2D eigenvalue weighted by Crippen LogP contribution is -2.06. The van der Waals surface area contributed by atoms with Gasteiger partial charge in [-0.1, -0.05) is 37.3 Å². The minimum Gasteiger partial charge on any atom is -0.117 e. The van der Waals surface area contributed by atoms with Crippen LogP contribution >= 0.6 is 11.6 Å². The zero-order valence-electron chi connectivity index (χ0n) is 11.3. The highest BCUT2D eigenvalue weighted by molar-refractivity contribution is 6.22. The Morgan fingerprint density at radius 3 is 2.53 bits per heavy atom. The van der Waals surface area contributed by atoms with Gasteiger partial charge in [0.05, 0.1) is 5.38 Å². The van der Waals surface area contributed by atoms with Crippen molar-refractivity contribution in [2.24, 2.45) is 11.8 Å². The van der Waals surface area contributed by atoms with Crippen molar-refractivity contribution in [2.75, 3.05) is 0 Å². The van der Waals surface area contributed by atoms with Gasteiger partial charge in [0.25, 0.3) is 0 Å². The monoisotopic (exact) mass is 270 g/mol. The highest BCUT2D eigenvalue weighted by atomic mass is 35.5. The molecule has 0 bridgehead atoms. The molecule has 1 fully saturated rings. The maximum absolute atomic E-state index is 6.80. The van der Waals surface area contributed by atoms with Crippen molar-refractivity contribution in [3.05, 3.63) is 47.0 Å². The van der Waals surface area contributed by atoms with Crippen LogP contribution in [0, 0.1) is 11.8 Å². The Labute approximate surface area is 119 Å². The fraction of sp³-hybridized carbons (Fsp3) is 0.444. The predicted molar refractivity (Wildman–Crippen MR) is 81.8 cm³/mol. The Balaban J connectivity index is 1.86. The summed E-state index contributed by atoms with van der Waals surface area (Å²) in [5.74, 6) is 1.45. The largest absolute Gasteiger partial charge is 0.117 e. The van der Waals surface area contributed by atoms with Crippen molar-refractivity contribution < 1.29 is 0 Å². The highest BCUT2D eigenvalue weighted by Crippen LogP contribution is 2.47. The number of hydrogen-bond donors (Lipinski definition) is 0. The molecule has 2 atom stereocenters. The van der Waals surface area contributed by atoms with Crippen molar-refractivity contribution in [3.63, 3.8) is 0 Å². The van der Waals surface area contributed by atoms with Gasteiger partial charge in [-0.3, -0.25) is 0 Å². The molecule has 4 rings (SSSR count). The van der Waals surface area contributed by atoms with Gasteiger partial charge in [-0.2, -0.15) is 0 Å². The number of rotatable bonds is 3. The smallest absolute Gasteiger partial charge is 0.0619 e. The second kappa shape index (κ2) is 4.24. The van der Waals surface area contributed by atoms with Gasteiger partial charge in [0.15, 0.2) is 0 Å². The van der Waals surface area contributed by atoms with E-state index < -0.39 is 0 Å². The number of halogens is 1. The van der Waals surface area contributed by atoms with Crippen LogP contribution in [0.3, 0.4) is 0 Å². The summed E-state index contributed by atoms with van der Waals surface area (Å²) in [7, 11) is 0. The third kappa shape index (κ3) is 1.80. The van der Waals surface area contributed by atoms with Crippen LogP contribution in [0.15, 0.2) is 30.3 Å².